The Balaban J connectivity index is 2.47. The minimum absolute atomic E-state index is 0.0201. The summed E-state index contributed by atoms with van der Waals surface area (Å²) in [6.45, 7) is 4.04. The number of carbonyl (C=O) groups excluding carboxylic acids is 1. The molecule has 0 aliphatic rings. The summed E-state index contributed by atoms with van der Waals surface area (Å²) in [5.74, 6) is -0.231. The Kier molecular flexibility index (Phi) is 5.95. The summed E-state index contributed by atoms with van der Waals surface area (Å²) in [6.07, 6.45) is 2.05. The molecule has 1 rings (SSSR count). The Morgan fingerprint density at radius 2 is 2.28 bits per heavy atom. The smallest absolute Gasteiger partial charge is 0.250 e. The van der Waals surface area contributed by atoms with Crippen LogP contribution in [0.2, 0.25) is 5.02 Å². The maximum atomic E-state index is 11.6. The average Bonchev–Trinajstić information content (AvgIpc) is 2.32. The molecule has 0 spiro atoms. The Morgan fingerprint density at radius 3 is 2.94 bits per heavy atom. The molecule has 0 fully saturated rings. The van der Waals surface area contributed by atoms with E-state index in [1.807, 2.05) is 6.92 Å². The number of hydrogen-bond acceptors (Lipinski definition) is 3. The molecule has 0 radical (unpaired) electrons. The van der Waals surface area contributed by atoms with Gasteiger partial charge in [-0.15, -0.1) is 0 Å². The lowest BCUT2D eigenvalue weighted by Crippen LogP contribution is -2.22. The first kappa shape index (κ1) is 14.8. The van der Waals surface area contributed by atoms with Crippen LogP contribution in [0.25, 0.3) is 0 Å². The van der Waals surface area contributed by atoms with E-state index in [1.54, 1.807) is 18.2 Å². The second kappa shape index (κ2) is 7.24. The van der Waals surface area contributed by atoms with Crippen molar-refractivity contribution in [2.75, 3.05) is 17.7 Å². The summed E-state index contributed by atoms with van der Waals surface area (Å²) in [6, 6.07) is 4.95. The zero-order valence-corrected chi connectivity index (χ0v) is 11.5. The summed E-state index contributed by atoms with van der Waals surface area (Å²) in [7, 11) is 0. The molecule has 1 atom stereocenters. The van der Waals surface area contributed by atoms with Crippen LogP contribution in [-0.2, 0) is 9.53 Å². The van der Waals surface area contributed by atoms with E-state index in [0.29, 0.717) is 16.4 Å². The van der Waals surface area contributed by atoms with E-state index in [2.05, 4.69) is 12.2 Å². The number of nitrogen functional groups attached to an aromatic ring is 1. The number of ether oxygens (including phenoxy) is 1. The second-order valence-corrected chi connectivity index (χ2v) is 4.60. The molecule has 0 aliphatic carbocycles. The van der Waals surface area contributed by atoms with Crippen molar-refractivity contribution in [1.29, 1.82) is 0 Å². The van der Waals surface area contributed by atoms with E-state index in [0.717, 1.165) is 12.8 Å². The molecule has 0 heterocycles. The Bertz CT molecular complexity index is 410. The van der Waals surface area contributed by atoms with Gasteiger partial charge in [0.1, 0.15) is 6.61 Å². The van der Waals surface area contributed by atoms with Gasteiger partial charge in [-0.05, 0) is 31.5 Å². The molecule has 1 unspecified atom stereocenters. The van der Waals surface area contributed by atoms with Crippen LogP contribution in [0.1, 0.15) is 26.7 Å². The van der Waals surface area contributed by atoms with Crippen LogP contribution in [0.5, 0.6) is 0 Å². The van der Waals surface area contributed by atoms with Crippen LogP contribution in [0, 0.1) is 0 Å². The van der Waals surface area contributed by atoms with Crippen LogP contribution in [0.15, 0.2) is 18.2 Å². The van der Waals surface area contributed by atoms with Gasteiger partial charge in [-0.2, -0.15) is 0 Å². The highest BCUT2D eigenvalue weighted by atomic mass is 35.5. The van der Waals surface area contributed by atoms with E-state index in [1.165, 1.54) is 0 Å². The van der Waals surface area contributed by atoms with Gasteiger partial charge in [-0.3, -0.25) is 4.79 Å². The molecule has 1 aromatic rings. The van der Waals surface area contributed by atoms with Crippen LogP contribution < -0.4 is 11.1 Å². The third-order valence-corrected chi connectivity index (χ3v) is 2.79. The molecule has 1 amide bonds. The lowest BCUT2D eigenvalue weighted by Gasteiger charge is -2.12. The lowest BCUT2D eigenvalue weighted by atomic mass is 10.2. The third kappa shape index (κ3) is 4.94. The number of amides is 1. The number of anilines is 2. The van der Waals surface area contributed by atoms with E-state index in [9.17, 15) is 4.79 Å². The first-order chi connectivity index (χ1) is 8.52. The Hall–Kier alpha value is -1.26. The largest absolute Gasteiger partial charge is 0.399 e. The van der Waals surface area contributed by atoms with Crippen molar-refractivity contribution in [3.05, 3.63) is 23.2 Å². The van der Waals surface area contributed by atoms with Crippen molar-refractivity contribution in [3.8, 4) is 0 Å². The molecule has 1 aromatic carbocycles. The van der Waals surface area contributed by atoms with Crippen molar-refractivity contribution in [2.45, 2.75) is 32.8 Å². The molecule has 0 aliphatic heterocycles. The quantitative estimate of drug-likeness (QED) is 0.781. The Labute approximate surface area is 112 Å². The van der Waals surface area contributed by atoms with Gasteiger partial charge < -0.3 is 15.8 Å². The summed E-state index contributed by atoms with van der Waals surface area (Å²) >= 11 is 5.94. The molecule has 0 saturated carbocycles. The monoisotopic (exact) mass is 270 g/mol. The highest BCUT2D eigenvalue weighted by Gasteiger charge is 2.08. The van der Waals surface area contributed by atoms with Crippen molar-refractivity contribution in [3.63, 3.8) is 0 Å². The molecule has 100 valence electrons. The van der Waals surface area contributed by atoms with Crippen molar-refractivity contribution >= 4 is 28.9 Å². The fourth-order valence-electron chi connectivity index (χ4n) is 1.53. The number of hydrogen-bond donors (Lipinski definition) is 2. The van der Waals surface area contributed by atoms with E-state index in [-0.39, 0.29) is 18.6 Å². The zero-order chi connectivity index (χ0) is 13.5. The fraction of sp³-hybridized carbons (Fsp3) is 0.462. The number of rotatable bonds is 6. The van der Waals surface area contributed by atoms with E-state index in [4.69, 9.17) is 22.1 Å². The second-order valence-electron chi connectivity index (χ2n) is 4.20. The molecule has 0 saturated heterocycles. The normalized spacial score (nSPS) is 12.2. The molecule has 0 aromatic heterocycles. The van der Waals surface area contributed by atoms with Crippen molar-refractivity contribution in [1.82, 2.24) is 0 Å². The van der Waals surface area contributed by atoms with Crippen LogP contribution in [0.4, 0.5) is 11.4 Å². The number of benzene rings is 1. The van der Waals surface area contributed by atoms with Gasteiger partial charge in [-0.1, -0.05) is 24.9 Å². The zero-order valence-electron chi connectivity index (χ0n) is 10.7. The van der Waals surface area contributed by atoms with Crippen LogP contribution >= 0.6 is 11.6 Å². The van der Waals surface area contributed by atoms with Gasteiger partial charge in [0.2, 0.25) is 5.91 Å². The molecule has 5 heteroatoms. The molecule has 0 bridgehead atoms. The summed E-state index contributed by atoms with van der Waals surface area (Å²) < 4.78 is 5.40. The van der Waals surface area contributed by atoms with Crippen LogP contribution in [-0.4, -0.2) is 18.6 Å². The number of carbonyl (C=O) groups is 1. The van der Waals surface area contributed by atoms with E-state index >= 15 is 0 Å². The van der Waals surface area contributed by atoms with Gasteiger partial charge in [0.05, 0.1) is 16.8 Å². The van der Waals surface area contributed by atoms with Gasteiger partial charge in [0.15, 0.2) is 0 Å². The standard InChI is InChI=1S/C13H19ClN2O2/c1-3-4-9(2)18-8-13(17)16-12-7-10(15)5-6-11(12)14/h5-7,9H,3-4,8,15H2,1-2H3,(H,16,17). The minimum Gasteiger partial charge on any atom is -0.399 e. The number of halogens is 1. The molecule has 3 N–H and O–H groups in total. The van der Waals surface area contributed by atoms with Crippen molar-refractivity contribution < 1.29 is 9.53 Å². The predicted molar refractivity (Wildman–Crippen MR) is 74.8 cm³/mol. The summed E-state index contributed by atoms with van der Waals surface area (Å²) in [5, 5.41) is 3.13. The van der Waals surface area contributed by atoms with Gasteiger partial charge in [-0.25, -0.2) is 0 Å². The lowest BCUT2D eigenvalue weighted by molar-refractivity contribution is -0.122. The molecule has 18 heavy (non-hydrogen) atoms. The molecular formula is C13H19ClN2O2. The summed E-state index contributed by atoms with van der Waals surface area (Å²) in [4.78, 5) is 11.6. The van der Waals surface area contributed by atoms with Gasteiger partial charge >= 0.3 is 0 Å². The maximum absolute atomic E-state index is 11.6. The predicted octanol–water partition coefficient (Wildman–Crippen LogP) is 3.07. The van der Waals surface area contributed by atoms with Gasteiger partial charge in [0.25, 0.3) is 0 Å². The Morgan fingerprint density at radius 1 is 1.56 bits per heavy atom. The first-order valence-corrected chi connectivity index (χ1v) is 6.37. The highest BCUT2D eigenvalue weighted by molar-refractivity contribution is 6.33. The topological polar surface area (TPSA) is 64.3 Å². The number of nitrogens with one attached hydrogen (secondary N) is 1. The number of nitrogens with two attached hydrogens (primary N) is 1. The average molecular weight is 271 g/mol. The van der Waals surface area contributed by atoms with Crippen LogP contribution in [0.3, 0.4) is 0 Å². The highest BCUT2D eigenvalue weighted by Crippen LogP contribution is 2.23. The fourth-order valence-corrected chi connectivity index (χ4v) is 1.70. The molecular weight excluding hydrogens is 252 g/mol. The third-order valence-electron chi connectivity index (χ3n) is 2.46. The first-order valence-electron chi connectivity index (χ1n) is 5.99. The summed E-state index contributed by atoms with van der Waals surface area (Å²) in [5.41, 5.74) is 6.68. The minimum atomic E-state index is -0.231. The van der Waals surface area contributed by atoms with E-state index < -0.39 is 0 Å². The van der Waals surface area contributed by atoms with Gasteiger partial charge in [0, 0.05) is 5.69 Å². The SMILES string of the molecule is CCCC(C)OCC(=O)Nc1cc(N)ccc1Cl. The van der Waals surface area contributed by atoms with Crippen molar-refractivity contribution in [2.24, 2.45) is 0 Å². The molecule has 4 nitrogen and oxygen atoms in total. The maximum Gasteiger partial charge on any atom is 0.250 e.